The normalized spacial score (nSPS) is 32.9. The van der Waals surface area contributed by atoms with Crippen LogP contribution in [0.2, 0.25) is 0 Å². The minimum atomic E-state index is -0.785. The molecular formula is C16H28N2O4. The summed E-state index contributed by atoms with van der Waals surface area (Å²) >= 11 is 0. The summed E-state index contributed by atoms with van der Waals surface area (Å²) < 4.78 is 5.28. The fraction of sp³-hybridized carbons (Fsp3) is 0.875. The Hall–Kier alpha value is -1.30. The summed E-state index contributed by atoms with van der Waals surface area (Å²) in [4.78, 5) is 25.6. The van der Waals surface area contributed by atoms with Gasteiger partial charge < -0.3 is 15.2 Å². The Kier molecular flexibility index (Phi) is 5.00. The minimum Gasteiger partial charge on any atom is -0.481 e. The number of rotatable bonds is 3. The zero-order valence-electron chi connectivity index (χ0n) is 14.0. The first kappa shape index (κ1) is 17.1. The maximum atomic E-state index is 11.9. The Labute approximate surface area is 132 Å². The predicted molar refractivity (Wildman–Crippen MR) is 82.7 cm³/mol. The van der Waals surface area contributed by atoms with E-state index < -0.39 is 23.6 Å². The lowest BCUT2D eigenvalue weighted by Crippen LogP contribution is -2.58. The van der Waals surface area contributed by atoms with Gasteiger partial charge in [0.05, 0.1) is 5.92 Å². The molecule has 0 bridgehead atoms. The monoisotopic (exact) mass is 312 g/mol. The average Bonchev–Trinajstić information content (AvgIpc) is 2.34. The van der Waals surface area contributed by atoms with Gasteiger partial charge in [0.25, 0.3) is 0 Å². The van der Waals surface area contributed by atoms with Crippen LogP contribution in [-0.2, 0) is 9.53 Å². The van der Waals surface area contributed by atoms with E-state index in [0.29, 0.717) is 31.5 Å². The van der Waals surface area contributed by atoms with Gasteiger partial charge in [0.1, 0.15) is 5.60 Å². The Bertz CT molecular complexity index is 432. The van der Waals surface area contributed by atoms with Crippen molar-refractivity contribution in [2.24, 2.45) is 11.8 Å². The molecule has 0 aromatic heterocycles. The lowest BCUT2D eigenvalue weighted by atomic mass is 9.78. The van der Waals surface area contributed by atoms with Crippen molar-refractivity contribution in [2.45, 2.75) is 64.6 Å². The fourth-order valence-corrected chi connectivity index (χ4v) is 3.35. The number of ether oxygens (including phenoxy) is 1. The van der Waals surface area contributed by atoms with E-state index >= 15 is 0 Å². The fourth-order valence-electron chi connectivity index (χ4n) is 3.35. The van der Waals surface area contributed by atoms with Gasteiger partial charge in [-0.05, 0) is 46.0 Å². The van der Waals surface area contributed by atoms with Gasteiger partial charge in [0.2, 0.25) is 0 Å². The van der Waals surface area contributed by atoms with Crippen molar-refractivity contribution in [3.63, 3.8) is 0 Å². The van der Waals surface area contributed by atoms with Crippen LogP contribution in [0, 0.1) is 11.8 Å². The number of hydrogen-bond acceptors (Lipinski definition) is 4. The number of carbonyl (C=O) groups is 2. The Morgan fingerprint density at radius 2 is 1.91 bits per heavy atom. The topological polar surface area (TPSA) is 78.9 Å². The highest BCUT2D eigenvalue weighted by Gasteiger charge is 2.40. The zero-order chi connectivity index (χ0) is 16.5. The van der Waals surface area contributed by atoms with Crippen LogP contribution < -0.4 is 5.32 Å². The second-order valence-corrected chi connectivity index (χ2v) is 7.69. The number of piperidine rings is 1. The van der Waals surface area contributed by atoms with Gasteiger partial charge in [-0.1, -0.05) is 6.92 Å². The van der Waals surface area contributed by atoms with Gasteiger partial charge in [0, 0.05) is 25.2 Å². The van der Waals surface area contributed by atoms with Gasteiger partial charge in [0.15, 0.2) is 0 Å². The van der Waals surface area contributed by atoms with Crippen LogP contribution in [0.25, 0.3) is 0 Å². The van der Waals surface area contributed by atoms with E-state index in [2.05, 4.69) is 17.1 Å². The van der Waals surface area contributed by atoms with E-state index in [1.807, 2.05) is 20.8 Å². The molecule has 126 valence electrons. The third-order valence-corrected chi connectivity index (χ3v) is 4.59. The van der Waals surface area contributed by atoms with Crippen LogP contribution in [0.15, 0.2) is 0 Å². The maximum absolute atomic E-state index is 11.9. The molecule has 4 atom stereocenters. The van der Waals surface area contributed by atoms with Crippen molar-refractivity contribution in [1.82, 2.24) is 10.2 Å². The van der Waals surface area contributed by atoms with Gasteiger partial charge in [-0.25, -0.2) is 4.79 Å². The lowest BCUT2D eigenvalue weighted by Gasteiger charge is -2.47. The van der Waals surface area contributed by atoms with Gasteiger partial charge in [-0.15, -0.1) is 0 Å². The summed E-state index contributed by atoms with van der Waals surface area (Å²) in [5.41, 5.74) is -0.548. The largest absolute Gasteiger partial charge is 0.481 e. The molecule has 1 saturated carbocycles. The van der Waals surface area contributed by atoms with Crippen LogP contribution in [0.1, 0.15) is 47.0 Å². The Balaban J connectivity index is 1.97. The first-order valence-electron chi connectivity index (χ1n) is 8.12. The summed E-state index contributed by atoms with van der Waals surface area (Å²) in [5.74, 6) is -0.608. The molecule has 2 fully saturated rings. The molecule has 4 unspecified atom stereocenters. The van der Waals surface area contributed by atoms with E-state index in [1.54, 1.807) is 0 Å². The van der Waals surface area contributed by atoms with Crippen LogP contribution in [0.3, 0.4) is 0 Å². The number of alkyl carbamates (subject to hydrolysis) is 1. The summed E-state index contributed by atoms with van der Waals surface area (Å²) in [5, 5.41) is 12.2. The highest BCUT2D eigenvalue weighted by molar-refractivity contribution is 5.71. The highest BCUT2D eigenvalue weighted by atomic mass is 16.6. The molecule has 6 heteroatoms. The molecule has 1 saturated heterocycles. The van der Waals surface area contributed by atoms with E-state index in [4.69, 9.17) is 4.74 Å². The molecule has 0 spiro atoms. The summed E-state index contributed by atoms with van der Waals surface area (Å²) in [7, 11) is 0. The molecule has 2 N–H and O–H groups in total. The average molecular weight is 312 g/mol. The Morgan fingerprint density at radius 1 is 1.23 bits per heavy atom. The number of amides is 1. The molecule has 6 nitrogen and oxygen atoms in total. The second kappa shape index (κ2) is 6.44. The van der Waals surface area contributed by atoms with Crippen molar-refractivity contribution >= 4 is 12.1 Å². The van der Waals surface area contributed by atoms with Crippen LogP contribution in [0.4, 0.5) is 4.79 Å². The van der Waals surface area contributed by atoms with Crippen molar-refractivity contribution in [1.29, 1.82) is 0 Å². The standard InChI is InChI=1S/C16H28N2O4/c1-10-5-6-13(10)18-8-11(14(19)20)7-12(9-18)17-15(21)22-16(2,3)4/h10-13H,5-9H2,1-4H3,(H,17,21)(H,19,20). The lowest BCUT2D eigenvalue weighted by molar-refractivity contribution is -0.145. The number of aliphatic carboxylic acids is 1. The molecule has 1 aliphatic heterocycles. The second-order valence-electron chi connectivity index (χ2n) is 7.69. The van der Waals surface area contributed by atoms with E-state index in [0.717, 1.165) is 6.42 Å². The van der Waals surface area contributed by atoms with Crippen molar-refractivity contribution < 1.29 is 19.4 Å². The molecule has 1 amide bonds. The molecule has 1 aliphatic carbocycles. The highest BCUT2D eigenvalue weighted by Crippen LogP contribution is 2.34. The van der Waals surface area contributed by atoms with Crippen molar-refractivity contribution in [3.8, 4) is 0 Å². The smallest absolute Gasteiger partial charge is 0.407 e. The number of carboxylic acid groups (broad SMARTS) is 1. The predicted octanol–water partition coefficient (Wildman–Crippen LogP) is 2.08. The molecule has 1 heterocycles. The zero-order valence-corrected chi connectivity index (χ0v) is 14.0. The van der Waals surface area contributed by atoms with E-state index in [9.17, 15) is 14.7 Å². The first-order valence-corrected chi connectivity index (χ1v) is 8.12. The summed E-state index contributed by atoms with van der Waals surface area (Å²) in [6.45, 7) is 8.94. The van der Waals surface area contributed by atoms with Gasteiger partial charge in [-0.3, -0.25) is 9.69 Å². The summed E-state index contributed by atoms with van der Waals surface area (Å²) in [6.07, 6.45) is 2.31. The molecule has 2 aliphatic rings. The molecule has 22 heavy (non-hydrogen) atoms. The van der Waals surface area contributed by atoms with E-state index in [1.165, 1.54) is 6.42 Å². The van der Waals surface area contributed by atoms with Crippen LogP contribution in [0.5, 0.6) is 0 Å². The third-order valence-electron chi connectivity index (χ3n) is 4.59. The quantitative estimate of drug-likeness (QED) is 0.834. The number of nitrogens with one attached hydrogen (secondary N) is 1. The Morgan fingerprint density at radius 3 is 2.36 bits per heavy atom. The van der Waals surface area contributed by atoms with Crippen LogP contribution >= 0.6 is 0 Å². The first-order chi connectivity index (χ1) is 10.2. The number of likely N-dealkylation sites (tertiary alicyclic amines) is 1. The van der Waals surface area contributed by atoms with Crippen LogP contribution in [-0.4, -0.2) is 52.8 Å². The van der Waals surface area contributed by atoms with Gasteiger partial charge >= 0.3 is 12.1 Å². The SMILES string of the molecule is CC1CCC1N1CC(NC(=O)OC(C)(C)C)CC(C(=O)O)C1. The number of carboxylic acids is 1. The molecule has 0 aromatic rings. The molecular weight excluding hydrogens is 284 g/mol. The number of nitrogens with zero attached hydrogens (tertiary/aromatic N) is 1. The third kappa shape index (κ3) is 4.35. The molecule has 0 radical (unpaired) electrons. The van der Waals surface area contributed by atoms with E-state index in [-0.39, 0.29) is 6.04 Å². The summed E-state index contributed by atoms with van der Waals surface area (Å²) in [6, 6.07) is 0.280. The number of carbonyl (C=O) groups excluding carboxylic acids is 1. The molecule has 2 rings (SSSR count). The van der Waals surface area contributed by atoms with Gasteiger partial charge in [-0.2, -0.15) is 0 Å². The number of hydrogen-bond donors (Lipinski definition) is 2. The molecule has 0 aromatic carbocycles. The maximum Gasteiger partial charge on any atom is 0.407 e. The van der Waals surface area contributed by atoms with Crippen molar-refractivity contribution in [2.75, 3.05) is 13.1 Å². The minimum absolute atomic E-state index is 0.169. The van der Waals surface area contributed by atoms with Crippen molar-refractivity contribution in [3.05, 3.63) is 0 Å².